The lowest BCUT2D eigenvalue weighted by atomic mass is 9.74. The van der Waals surface area contributed by atoms with E-state index in [9.17, 15) is 53.0 Å². The van der Waals surface area contributed by atoms with Crippen molar-refractivity contribution in [1.29, 1.82) is 0 Å². The summed E-state index contributed by atoms with van der Waals surface area (Å²) in [7, 11) is -5.10. The van der Waals surface area contributed by atoms with Crippen LogP contribution >= 0.6 is 30.5 Å². The number of β-amino-alcohol motifs (C(OH)–C–C–N with tert-alkyl or cyclic N) is 1. The number of aromatic nitrogens is 6. The molecule has 4 fully saturated rings. The average molecular weight is 1410 g/mol. The Morgan fingerprint density at radius 1 is 0.960 bits per heavy atom. The highest BCUT2D eigenvalue weighted by Crippen LogP contribution is 2.50. The van der Waals surface area contributed by atoms with Crippen molar-refractivity contribution in [3.05, 3.63) is 134 Å². The molecule has 12 rings (SSSR count). The van der Waals surface area contributed by atoms with E-state index in [2.05, 4.69) is 55.2 Å². The van der Waals surface area contributed by atoms with Crippen LogP contribution in [0.25, 0.3) is 21.3 Å². The highest BCUT2D eigenvalue weighted by Gasteiger charge is 2.51. The van der Waals surface area contributed by atoms with Crippen LogP contribution in [-0.2, 0) is 59.1 Å². The Morgan fingerprint density at radius 3 is 2.46 bits per heavy atom. The molecule has 3 saturated heterocycles. The monoisotopic (exact) mass is 1410 g/mol. The molecule has 4 aromatic heterocycles. The lowest BCUT2D eigenvalue weighted by Crippen LogP contribution is -2.61. The molecule has 7 aromatic rings. The topological polar surface area (TPSA) is 381 Å². The standard InChI is InChI=1S/C69H81ClN13O14PS/c1-37-62(99-36-72-37)42-17-13-39(14-18-42)52(75-65(89)55-30-48(85)32-82(55)67(91)58-61-49(11-7-26-69(58,3)4)60(78-97-61)41-15-16-41)34-81-31-45(77-79-81)10-5-8-40-9-6-12-56(59(40)70)96-35-46(20-24-57(71)86)73-64(88)54-23-21-47-25-27-80(38(2)84)33-53(66(90)83(47)54)76-63(87)51-29-44-28-43(19-22-50(44)74-51)68(92)98(93,94)95/h6,9,12-14,17-19,22,28-29,31,36,41,46-48,52-55,58,74,85H,5,7-8,10-11,15-16,20-21,23-27,30,32-35H2,1-4H3,(H2,71,86)(H,73,88)(H,75,89)(H,76,87)(H2,93,94,95)/t46-,47+,48+,52-,53-,54-,55-,58+/m0/s1. The second-order valence-corrected chi connectivity index (χ2v) is 30.2. The first-order valence-electron chi connectivity index (χ1n) is 33.6. The van der Waals surface area contributed by atoms with E-state index in [0.29, 0.717) is 65.8 Å². The molecule has 0 bridgehead atoms. The van der Waals surface area contributed by atoms with Crippen molar-refractivity contribution in [3.63, 3.8) is 0 Å². The van der Waals surface area contributed by atoms with Gasteiger partial charge in [0.05, 0.1) is 57.2 Å². The first-order valence-corrected chi connectivity index (χ1v) is 36.4. The zero-order valence-electron chi connectivity index (χ0n) is 55.4. The highest BCUT2D eigenvalue weighted by molar-refractivity contribution is 7.70. The fourth-order valence-corrected chi connectivity index (χ4v) is 16.0. The summed E-state index contributed by atoms with van der Waals surface area (Å²) in [5.74, 6) is -2.96. The molecule has 0 radical (unpaired) electrons. The van der Waals surface area contributed by atoms with Crippen molar-refractivity contribution in [3.8, 4) is 16.2 Å². The summed E-state index contributed by atoms with van der Waals surface area (Å²) in [5.41, 5.74) is 11.6. The van der Waals surface area contributed by atoms with Crippen molar-refractivity contribution < 1.29 is 67.1 Å². The van der Waals surface area contributed by atoms with Gasteiger partial charge in [-0.2, -0.15) is 0 Å². The molecule has 9 N–H and O–H groups in total. The number of carbonyl (C=O) groups is 8. The van der Waals surface area contributed by atoms with Crippen LogP contribution in [0.1, 0.15) is 170 Å². The van der Waals surface area contributed by atoms with Crippen LogP contribution in [0.2, 0.25) is 5.02 Å². The average Bonchev–Trinajstić information content (AvgIpc) is 1.67. The van der Waals surface area contributed by atoms with Gasteiger partial charge in [-0.3, -0.25) is 42.9 Å². The number of nitrogens with two attached hydrogens (primary N) is 1. The summed E-state index contributed by atoms with van der Waals surface area (Å²) in [5, 5.41) is 34.3. The number of thiazole rings is 1. The number of amides is 7. The molecule has 30 heteroatoms. The Hall–Kier alpha value is -8.66. The number of halogens is 1. The number of nitrogens with one attached hydrogen (secondary N) is 4. The first kappa shape index (κ1) is 70.2. The van der Waals surface area contributed by atoms with Gasteiger partial charge in [-0.1, -0.05) is 72.2 Å². The van der Waals surface area contributed by atoms with Crippen LogP contribution in [0.4, 0.5) is 0 Å². The number of benzene rings is 3. The number of fused-ring (bicyclic) bond motifs is 3. The highest BCUT2D eigenvalue weighted by atomic mass is 35.5. The van der Waals surface area contributed by atoms with Gasteiger partial charge in [-0.05, 0) is 136 Å². The number of nitrogens with zero attached hydrogens (tertiary/aromatic N) is 8. The fraction of sp³-hybridized carbons (Fsp3) is 0.478. The molecular formula is C69H81ClN13O14PS. The summed E-state index contributed by atoms with van der Waals surface area (Å²) in [6, 6.07) is 13.2. The van der Waals surface area contributed by atoms with Crippen LogP contribution in [0.3, 0.4) is 0 Å². The maximum Gasteiger partial charge on any atom is 0.396 e. The Labute approximate surface area is 579 Å². The second kappa shape index (κ2) is 29.3. The van der Waals surface area contributed by atoms with Crippen LogP contribution in [0.15, 0.2) is 83.0 Å². The molecule has 5 aliphatic rings. The number of aromatic amines is 1. The van der Waals surface area contributed by atoms with Gasteiger partial charge in [-0.15, -0.1) is 16.4 Å². The number of aliphatic hydroxyl groups is 1. The van der Waals surface area contributed by atoms with E-state index in [-0.39, 0.29) is 86.9 Å². The molecule has 0 spiro atoms. The van der Waals surface area contributed by atoms with E-state index < -0.39 is 96.3 Å². The van der Waals surface area contributed by atoms with Crippen molar-refractivity contribution in [2.24, 2.45) is 11.1 Å². The maximum absolute atomic E-state index is 15.0. The van der Waals surface area contributed by atoms with Crippen molar-refractivity contribution >= 4 is 88.3 Å². The minimum Gasteiger partial charge on any atom is -0.490 e. The third-order valence-corrected chi connectivity index (χ3v) is 22.1. The van der Waals surface area contributed by atoms with Crippen LogP contribution in [0.5, 0.6) is 5.75 Å². The molecular weight excluding hydrogens is 1330 g/mol. The molecule has 7 amide bonds. The maximum atomic E-state index is 15.0. The first-order chi connectivity index (χ1) is 47.3. The smallest absolute Gasteiger partial charge is 0.396 e. The van der Waals surface area contributed by atoms with E-state index in [1.54, 1.807) is 22.3 Å². The minimum atomic E-state index is -5.10. The minimum absolute atomic E-state index is 0.000954. The quantitative estimate of drug-likeness (QED) is 0.0230. The van der Waals surface area contributed by atoms with Gasteiger partial charge in [0.25, 0.3) is 11.4 Å². The number of rotatable bonds is 24. The van der Waals surface area contributed by atoms with Crippen molar-refractivity contribution in [2.75, 3.05) is 26.2 Å². The number of aryl methyl sites for hydroxylation is 3. The van der Waals surface area contributed by atoms with Gasteiger partial charge in [-0.25, -0.2) is 9.67 Å². The normalized spacial score (nSPS) is 21.4. The fourth-order valence-electron chi connectivity index (χ4n) is 14.4. The summed E-state index contributed by atoms with van der Waals surface area (Å²) >= 11 is 8.58. The summed E-state index contributed by atoms with van der Waals surface area (Å²) in [4.78, 5) is 142. The third-order valence-electron chi connectivity index (χ3n) is 19.9. The van der Waals surface area contributed by atoms with E-state index >= 15 is 4.79 Å². The van der Waals surface area contributed by atoms with Crippen LogP contribution < -0.4 is 26.4 Å². The number of primary amides is 1. The second-order valence-electron chi connectivity index (χ2n) is 27.4. The number of hydrogen-bond acceptors (Lipinski definition) is 17. The lowest BCUT2D eigenvalue weighted by molar-refractivity contribution is -0.145. The number of likely N-dealkylation sites (tertiary alicyclic amines) is 1. The number of hydrogen-bond donors (Lipinski definition) is 8. The number of ether oxygens (including phenoxy) is 1. The largest absolute Gasteiger partial charge is 0.490 e. The molecule has 27 nitrogen and oxygen atoms in total. The van der Waals surface area contributed by atoms with Gasteiger partial charge >= 0.3 is 7.60 Å². The molecule has 3 aromatic carbocycles. The van der Waals surface area contributed by atoms with Gasteiger partial charge < -0.3 is 65.5 Å². The van der Waals surface area contributed by atoms with Gasteiger partial charge in [0, 0.05) is 79.6 Å². The van der Waals surface area contributed by atoms with E-state index in [0.717, 1.165) is 70.6 Å². The number of H-pyrrole nitrogens is 1. The summed E-state index contributed by atoms with van der Waals surface area (Å²) in [6.45, 7) is 7.50. The molecule has 8 atom stereocenters. The van der Waals surface area contributed by atoms with E-state index in [1.807, 2.05) is 43.5 Å². The molecule has 1 saturated carbocycles. The van der Waals surface area contributed by atoms with Gasteiger partial charge in [0.2, 0.25) is 35.4 Å². The predicted molar refractivity (Wildman–Crippen MR) is 363 cm³/mol. The summed E-state index contributed by atoms with van der Waals surface area (Å²) in [6.07, 6.45) is 8.05. The molecule has 7 heterocycles. The Bertz CT molecular complexity index is 4290. The molecule has 99 heavy (non-hydrogen) atoms. The third kappa shape index (κ3) is 15.7. The summed E-state index contributed by atoms with van der Waals surface area (Å²) < 4.78 is 25.7. The zero-order chi connectivity index (χ0) is 70.2. The van der Waals surface area contributed by atoms with Crippen molar-refractivity contribution in [1.82, 2.24) is 60.8 Å². The molecule has 3 aliphatic heterocycles. The Morgan fingerprint density at radius 2 is 1.74 bits per heavy atom. The van der Waals surface area contributed by atoms with Gasteiger partial charge in [0.15, 0.2) is 5.76 Å². The number of carbonyl (C=O) groups excluding carboxylic acids is 8. The molecule has 2 aliphatic carbocycles. The SMILES string of the molecule is CC(=O)N1CC[C@H]2CC[C@@H](C(=O)N[C@@H](CCC(N)=O)COc3cccc(CCCc4cn(C[C@H](NC(=O)[C@@H]5C[C@@H](O)CN5C(=O)[C@H]5c6onc(C7CC7)c6CCCC5(C)C)c5ccc(-c6scnc6C)cc5)nn4)c3Cl)N2C(=O)[C@@H](NC(=O)c2cc3cc(C(=O)P(=O)(O)O)ccc3[nH]2)C1. The molecule has 524 valence electrons. The predicted octanol–water partition coefficient (Wildman–Crippen LogP) is 6.71. The molecule has 0 unspecified atom stereocenters. The van der Waals surface area contributed by atoms with E-state index in [4.69, 9.17) is 26.6 Å². The van der Waals surface area contributed by atoms with Crippen molar-refractivity contribution in [2.45, 2.75) is 178 Å². The van der Waals surface area contributed by atoms with E-state index in [1.165, 1.54) is 57.2 Å². The number of aliphatic hydroxyl groups excluding tert-OH is 1. The zero-order valence-corrected chi connectivity index (χ0v) is 57.8. The van der Waals surface area contributed by atoms with Crippen LogP contribution in [0, 0.1) is 12.3 Å². The lowest BCUT2D eigenvalue weighted by Gasteiger charge is -2.38. The van der Waals surface area contributed by atoms with Crippen LogP contribution in [-0.4, -0.2) is 169 Å². The Balaban J connectivity index is 0.689. The van der Waals surface area contributed by atoms with Gasteiger partial charge in [0.1, 0.15) is 42.1 Å². The Kier molecular flexibility index (Phi) is 20.8.